The summed E-state index contributed by atoms with van der Waals surface area (Å²) in [6, 6.07) is 10.7. The van der Waals surface area contributed by atoms with Crippen LogP contribution in [0.5, 0.6) is 0 Å². The van der Waals surface area contributed by atoms with Crippen molar-refractivity contribution in [3.05, 3.63) is 64.7 Å². The molecule has 0 aliphatic carbocycles. The molecule has 2 aromatic carbocycles. The lowest BCUT2D eigenvalue weighted by Gasteiger charge is -2.29. The maximum atomic E-state index is 12.7. The molecule has 0 saturated carbocycles. The molecule has 2 aliphatic heterocycles. The zero-order valence-electron chi connectivity index (χ0n) is 16.9. The summed E-state index contributed by atoms with van der Waals surface area (Å²) in [7, 11) is 0. The molecule has 2 heterocycles. The number of hydrogen-bond acceptors (Lipinski definition) is 6. The second-order valence-corrected chi connectivity index (χ2v) is 7.53. The van der Waals surface area contributed by atoms with Crippen LogP contribution in [0.3, 0.4) is 0 Å². The number of piperidine rings is 1. The van der Waals surface area contributed by atoms with Gasteiger partial charge in [-0.15, -0.1) is 0 Å². The Hall–Kier alpha value is -4.21. The Morgan fingerprint density at radius 3 is 2.56 bits per heavy atom. The Balaban J connectivity index is 1.43. The second kappa shape index (κ2) is 8.50. The molecule has 1 saturated heterocycles. The molecule has 164 valence electrons. The predicted octanol–water partition coefficient (Wildman–Crippen LogP) is 1.30. The number of anilines is 1. The van der Waals surface area contributed by atoms with Gasteiger partial charge in [-0.25, -0.2) is 4.79 Å². The van der Waals surface area contributed by atoms with E-state index in [1.165, 1.54) is 4.90 Å². The van der Waals surface area contributed by atoms with Crippen LogP contribution in [0, 0.1) is 0 Å². The van der Waals surface area contributed by atoms with Crippen LogP contribution < -0.4 is 16.4 Å². The van der Waals surface area contributed by atoms with Crippen molar-refractivity contribution in [1.29, 1.82) is 0 Å². The van der Waals surface area contributed by atoms with Crippen molar-refractivity contribution >= 4 is 35.4 Å². The number of nitrogens with zero attached hydrogens (tertiary/aromatic N) is 1. The maximum absolute atomic E-state index is 12.7. The number of nitrogens with two attached hydrogens (primary N) is 1. The molecule has 32 heavy (non-hydrogen) atoms. The number of amides is 5. The number of rotatable bonds is 5. The first-order valence-corrected chi connectivity index (χ1v) is 9.92. The Morgan fingerprint density at radius 1 is 1.12 bits per heavy atom. The number of primary amides is 1. The van der Waals surface area contributed by atoms with Crippen LogP contribution in [0.15, 0.2) is 42.5 Å². The van der Waals surface area contributed by atoms with Crippen LogP contribution >= 0.6 is 0 Å². The van der Waals surface area contributed by atoms with E-state index in [2.05, 4.69) is 10.6 Å². The fourth-order valence-electron chi connectivity index (χ4n) is 3.76. The van der Waals surface area contributed by atoms with E-state index in [9.17, 15) is 24.0 Å². The highest BCUT2D eigenvalue weighted by Crippen LogP contribution is 2.29. The highest BCUT2D eigenvalue weighted by molar-refractivity contribution is 6.07. The Kier molecular flexibility index (Phi) is 5.59. The Bertz CT molecular complexity index is 1130. The lowest BCUT2D eigenvalue weighted by Crippen LogP contribution is -2.52. The van der Waals surface area contributed by atoms with Crippen LogP contribution in [-0.2, 0) is 27.5 Å². The standard InChI is InChI=1S/C22H20N4O6/c23-22(31)32-11-12-1-3-13(4-2-12)19(28)24-15-5-6-16-14(9-15)10-26(21(16)30)17-7-8-18(27)25-20(17)29/h1-6,9,17H,7-8,10-11H2,(H2,23,31)(H,24,28)(H,25,27,29). The van der Waals surface area contributed by atoms with Crippen molar-refractivity contribution in [3.8, 4) is 0 Å². The summed E-state index contributed by atoms with van der Waals surface area (Å²) in [5.41, 5.74) is 7.68. The number of imide groups is 1. The first-order valence-electron chi connectivity index (χ1n) is 9.92. The fourth-order valence-corrected chi connectivity index (χ4v) is 3.76. The van der Waals surface area contributed by atoms with Gasteiger partial charge in [0.05, 0.1) is 0 Å². The first kappa shape index (κ1) is 21.0. The summed E-state index contributed by atoms with van der Waals surface area (Å²) in [6.45, 7) is 0.235. The van der Waals surface area contributed by atoms with Gasteiger partial charge in [-0.2, -0.15) is 0 Å². The second-order valence-electron chi connectivity index (χ2n) is 7.53. The van der Waals surface area contributed by atoms with Gasteiger partial charge in [0.2, 0.25) is 11.8 Å². The van der Waals surface area contributed by atoms with Crippen LogP contribution in [0.2, 0.25) is 0 Å². The predicted molar refractivity (Wildman–Crippen MR) is 111 cm³/mol. The van der Waals surface area contributed by atoms with E-state index in [-0.39, 0.29) is 43.7 Å². The van der Waals surface area contributed by atoms with E-state index < -0.39 is 18.0 Å². The Labute approximate surface area is 182 Å². The third-order valence-corrected chi connectivity index (χ3v) is 5.38. The number of ether oxygens (including phenoxy) is 1. The van der Waals surface area contributed by atoms with Crippen LogP contribution in [-0.4, -0.2) is 40.7 Å². The van der Waals surface area contributed by atoms with Gasteiger partial charge in [-0.05, 0) is 47.9 Å². The van der Waals surface area contributed by atoms with Crippen LogP contribution in [0.25, 0.3) is 0 Å². The smallest absolute Gasteiger partial charge is 0.404 e. The van der Waals surface area contributed by atoms with Crippen LogP contribution in [0.1, 0.15) is 44.7 Å². The zero-order chi connectivity index (χ0) is 22.8. The Morgan fingerprint density at radius 2 is 1.88 bits per heavy atom. The topological polar surface area (TPSA) is 148 Å². The fraction of sp³-hybridized carbons (Fsp3) is 0.227. The van der Waals surface area contributed by atoms with Gasteiger partial charge in [0.15, 0.2) is 0 Å². The van der Waals surface area contributed by atoms with Gasteiger partial charge < -0.3 is 20.7 Å². The van der Waals surface area contributed by atoms with Gasteiger partial charge in [0, 0.05) is 29.8 Å². The first-order chi connectivity index (χ1) is 15.3. The van der Waals surface area contributed by atoms with Crippen molar-refractivity contribution in [2.45, 2.75) is 32.0 Å². The molecule has 4 N–H and O–H groups in total. The molecule has 0 bridgehead atoms. The summed E-state index contributed by atoms with van der Waals surface area (Å²) in [5, 5.41) is 5.05. The minimum Gasteiger partial charge on any atom is -0.445 e. The molecule has 10 nitrogen and oxygen atoms in total. The van der Waals surface area contributed by atoms with E-state index in [1.54, 1.807) is 42.5 Å². The molecule has 0 aromatic heterocycles. The quantitative estimate of drug-likeness (QED) is 0.602. The summed E-state index contributed by atoms with van der Waals surface area (Å²) in [4.78, 5) is 60.9. The van der Waals surface area contributed by atoms with Gasteiger partial charge in [-0.1, -0.05) is 12.1 Å². The normalized spacial score (nSPS) is 17.6. The number of nitrogens with one attached hydrogen (secondary N) is 2. The van der Waals surface area contributed by atoms with Crippen molar-refractivity contribution < 1.29 is 28.7 Å². The molecule has 10 heteroatoms. The van der Waals surface area contributed by atoms with Crippen molar-refractivity contribution in [2.75, 3.05) is 5.32 Å². The average molecular weight is 436 g/mol. The molecule has 2 aliphatic rings. The number of carbonyl (C=O) groups excluding carboxylic acids is 5. The summed E-state index contributed by atoms with van der Waals surface area (Å²) < 4.78 is 4.70. The van der Waals surface area contributed by atoms with Crippen molar-refractivity contribution in [3.63, 3.8) is 0 Å². The van der Waals surface area contributed by atoms with Gasteiger partial charge >= 0.3 is 6.09 Å². The molecule has 1 atom stereocenters. The summed E-state index contributed by atoms with van der Waals surface area (Å²) in [5.74, 6) is -1.44. The minimum absolute atomic E-state index is 0.0137. The molecular weight excluding hydrogens is 416 g/mol. The van der Waals surface area contributed by atoms with Gasteiger partial charge in [0.1, 0.15) is 12.6 Å². The molecule has 1 fully saturated rings. The lowest BCUT2D eigenvalue weighted by molar-refractivity contribution is -0.136. The van der Waals surface area contributed by atoms with Crippen molar-refractivity contribution in [1.82, 2.24) is 10.2 Å². The van der Waals surface area contributed by atoms with E-state index in [0.717, 1.165) is 0 Å². The molecule has 0 spiro atoms. The maximum Gasteiger partial charge on any atom is 0.404 e. The van der Waals surface area contributed by atoms with E-state index in [0.29, 0.717) is 27.9 Å². The van der Waals surface area contributed by atoms with E-state index in [4.69, 9.17) is 10.5 Å². The third-order valence-electron chi connectivity index (χ3n) is 5.38. The number of hydrogen-bond donors (Lipinski definition) is 3. The lowest BCUT2D eigenvalue weighted by atomic mass is 10.0. The summed E-state index contributed by atoms with van der Waals surface area (Å²) >= 11 is 0. The SMILES string of the molecule is NC(=O)OCc1ccc(C(=O)Nc2ccc3c(c2)CN(C2CCC(=O)NC2=O)C3=O)cc1. The monoisotopic (exact) mass is 436 g/mol. The van der Waals surface area contributed by atoms with Gasteiger partial charge in [-0.3, -0.25) is 24.5 Å². The minimum atomic E-state index is -0.877. The molecule has 0 radical (unpaired) electrons. The highest BCUT2D eigenvalue weighted by Gasteiger charge is 2.39. The number of carbonyl (C=O) groups is 5. The largest absolute Gasteiger partial charge is 0.445 e. The van der Waals surface area contributed by atoms with Crippen molar-refractivity contribution in [2.24, 2.45) is 5.73 Å². The zero-order valence-corrected chi connectivity index (χ0v) is 16.9. The molecule has 1 unspecified atom stereocenters. The van der Waals surface area contributed by atoms with Gasteiger partial charge in [0.25, 0.3) is 11.8 Å². The third kappa shape index (κ3) is 4.29. The molecule has 5 amide bonds. The number of benzene rings is 2. The summed E-state index contributed by atoms with van der Waals surface area (Å²) in [6.07, 6.45) is -0.405. The molecular formula is C22H20N4O6. The van der Waals surface area contributed by atoms with E-state index >= 15 is 0 Å². The molecule has 2 aromatic rings. The average Bonchev–Trinajstić information content (AvgIpc) is 3.08. The highest BCUT2D eigenvalue weighted by atomic mass is 16.5. The van der Waals surface area contributed by atoms with Crippen LogP contribution in [0.4, 0.5) is 10.5 Å². The van der Waals surface area contributed by atoms with E-state index in [1.807, 2.05) is 0 Å². The number of fused-ring (bicyclic) bond motifs is 1. The molecule has 4 rings (SSSR count).